The van der Waals surface area contributed by atoms with E-state index in [1.54, 1.807) is 10.1 Å². The standard InChI is InChI=1S/C28H25N7OS/c1-17(2)34-14-20(13-32-34)22-11-7-8-19-12-23(35(28(36)24(19)22)21-9-5-4-6-10-21)18(3)33-26-25-27(30-15-29-26)37-16-31-25/h4-18H,1-3H3,(H,29,30,33)/t18-/m0/s1. The largest absolute Gasteiger partial charge is 0.360 e. The molecule has 37 heavy (non-hydrogen) atoms. The van der Waals surface area contributed by atoms with Gasteiger partial charge in [-0.1, -0.05) is 36.4 Å². The van der Waals surface area contributed by atoms with Crippen LogP contribution in [-0.2, 0) is 0 Å². The van der Waals surface area contributed by atoms with E-state index in [-0.39, 0.29) is 17.6 Å². The number of hydrogen-bond acceptors (Lipinski definition) is 7. The highest BCUT2D eigenvalue weighted by molar-refractivity contribution is 7.16. The highest BCUT2D eigenvalue weighted by Gasteiger charge is 2.20. The molecule has 1 N–H and O–H groups in total. The predicted molar refractivity (Wildman–Crippen MR) is 148 cm³/mol. The molecular weight excluding hydrogens is 482 g/mol. The molecule has 0 fully saturated rings. The highest BCUT2D eigenvalue weighted by atomic mass is 32.1. The Bertz CT molecular complexity index is 1790. The van der Waals surface area contributed by atoms with Gasteiger partial charge in [0.2, 0.25) is 0 Å². The molecule has 0 unspecified atom stereocenters. The second-order valence-corrected chi connectivity index (χ2v) is 10.0. The van der Waals surface area contributed by atoms with Crippen LogP contribution in [0.5, 0.6) is 0 Å². The van der Waals surface area contributed by atoms with Crippen LogP contribution in [0, 0.1) is 0 Å². The van der Waals surface area contributed by atoms with E-state index in [1.807, 2.05) is 72.5 Å². The van der Waals surface area contributed by atoms with Crippen molar-refractivity contribution in [2.75, 3.05) is 5.32 Å². The van der Waals surface area contributed by atoms with Crippen molar-refractivity contribution in [1.82, 2.24) is 29.3 Å². The van der Waals surface area contributed by atoms with E-state index in [0.29, 0.717) is 11.2 Å². The fourth-order valence-electron chi connectivity index (χ4n) is 4.62. The minimum absolute atomic E-state index is 0.0817. The first kappa shape index (κ1) is 23.1. The van der Waals surface area contributed by atoms with E-state index in [9.17, 15) is 4.79 Å². The van der Waals surface area contributed by atoms with Gasteiger partial charge < -0.3 is 5.32 Å². The van der Waals surface area contributed by atoms with E-state index in [0.717, 1.165) is 38.2 Å². The summed E-state index contributed by atoms with van der Waals surface area (Å²) in [5.41, 5.74) is 5.80. The van der Waals surface area contributed by atoms with Gasteiger partial charge >= 0.3 is 0 Å². The lowest BCUT2D eigenvalue weighted by molar-refractivity contribution is 0.532. The first-order valence-electron chi connectivity index (χ1n) is 12.1. The molecule has 6 rings (SSSR count). The van der Waals surface area contributed by atoms with Crippen LogP contribution in [0.2, 0.25) is 0 Å². The van der Waals surface area contributed by atoms with Gasteiger partial charge in [0, 0.05) is 29.2 Å². The first-order chi connectivity index (χ1) is 18.0. The zero-order valence-electron chi connectivity index (χ0n) is 20.7. The third-order valence-corrected chi connectivity index (χ3v) is 7.20. The van der Waals surface area contributed by atoms with Crippen LogP contribution in [0.25, 0.3) is 37.9 Å². The number of nitrogens with one attached hydrogen (secondary N) is 1. The minimum atomic E-state index is -0.246. The monoisotopic (exact) mass is 507 g/mol. The normalized spacial score (nSPS) is 12.4. The number of thiazole rings is 1. The number of pyridine rings is 1. The van der Waals surface area contributed by atoms with Crippen LogP contribution >= 0.6 is 11.3 Å². The third-order valence-electron chi connectivity index (χ3n) is 6.46. The molecule has 0 aliphatic rings. The molecule has 2 aromatic carbocycles. The van der Waals surface area contributed by atoms with Gasteiger partial charge in [0.1, 0.15) is 16.7 Å². The summed E-state index contributed by atoms with van der Waals surface area (Å²) < 4.78 is 3.70. The van der Waals surface area contributed by atoms with Crippen LogP contribution < -0.4 is 10.9 Å². The maximum Gasteiger partial charge on any atom is 0.263 e. The smallest absolute Gasteiger partial charge is 0.263 e. The lowest BCUT2D eigenvalue weighted by Gasteiger charge is -2.22. The molecule has 1 atom stereocenters. The Morgan fingerprint density at radius 2 is 1.81 bits per heavy atom. The number of rotatable bonds is 6. The van der Waals surface area contributed by atoms with Crippen molar-refractivity contribution < 1.29 is 0 Å². The quantitative estimate of drug-likeness (QED) is 0.297. The van der Waals surface area contributed by atoms with Crippen LogP contribution in [0.1, 0.15) is 38.5 Å². The number of para-hydroxylation sites is 1. The molecule has 0 aliphatic carbocycles. The SMILES string of the molecule is CC(C)n1cc(-c2cccc3cc([C@H](C)Nc4ncnc5scnc45)n(-c4ccccc4)c(=O)c23)cn1. The van der Waals surface area contributed by atoms with Crippen molar-refractivity contribution in [3.05, 3.63) is 94.9 Å². The van der Waals surface area contributed by atoms with Crippen molar-refractivity contribution in [3.8, 4) is 16.8 Å². The van der Waals surface area contributed by atoms with E-state index >= 15 is 0 Å². The minimum Gasteiger partial charge on any atom is -0.360 e. The summed E-state index contributed by atoms with van der Waals surface area (Å²) in [5, 5.41) is 9.51. The van der Waals surface area contributed by atoms with E-state index in [1.165, 1.54) is 17.7 Å². The number of nitrogens with zero attached hydrogens (tertiary/aromatic N) is 6. The maximum atomic E-state index is 14.3. The molecule has 8 nitrogen and oxygen atoms in total. The summed E-state index contributed by atoms with van der Waals surface area (Å²) in [5.74, 6) is 0.640. The van der Waals surface area contributed by atoms with Gasteiger partial charge in [-0.15, -0.1) is 11.3 Å². The summed E-state index contributed by atoms with van der Waals surface area (Å²) in [4.78, 5) is 28.2. The Labute approximate surface area is 217 Å². The van der Waals surface area contributed by atoms with Crippen molar-refractivity contribution in [1.29, 1.82) is 0 Å². The van der Waals surface area contributed by atoms with Crippen molar-refractivity contribution in [3.63, 3.8) is 0 Å². The van der Waals surface area contributed by atoms with Gasteiger partial charge in [-0.25, -0.2) is 15.0 Å². The number of hydrogen-bond donors (Lipinski definition) is 1. The van der Waals surface area contributed by atoms with Crippen molar-refractivity contribution >= 4 is 38.3 Å². The molecule has 0 spiro atoms. The zero-order chi connectivity index (χ0) is 25.5. The molecule has 6 aromatic rings. The average molecular weight is 508 g/mol. The predicted octanol–water partition coefficient (Wildman–Crippen LogP) is 6.01. The molecule has 0 amide bonds. The summed E-state index contributed by atoms with van der Waals surface area (Å²) >= 11 is 1.47. The Morgan fingerprint density at radius 1 is 0.973 bits per heavy atom. The molecule has 0 saturated carbocycles. The number of benzene rings is 2. The van der Waals surface area contributed by atoms with Gasteiger partial charge in [0.05, 0.1) is 23.1 Å². The fourth-order valence-corrected chi connectivity index (χ4v) is 5.25. The van der Waals surface area contributed by atoms with Crippen molar-refractivity contribution in [2.45, 2.75) is 32.9 Å². The molecule has 4 heterocycles. The Kier molecular flexibility index (Phi) is 5.77. The summed E-state index contributed by atoms with van der Waals surface area (Å²) in [6, 6.07) is 17.8. The van der Waals surface area contributed by atoms with E-state index in [2.05, 4.69) is 45.3 Å². The molecular formula is C28H25N7OS. The van der Waals surface area contributed by atoms with Crippen LogP contribution in [0.4, 0.5) is 5.82 Å². The van der Waals surface area contributed by atoms with Gasteiger partial charge in [-0.3, -0.25) is 14.0 Å². The molecule has 9 heteroatoms. The summed E-state index contributed by atoms with van der Waals surface area (Å²) in [6.45, 7) is 6.19. The Morgan fingerprint density at radius 3 is 2.59 bits per heavy atom. The van der Waals surface area contributed by atoms with E-state index in [4.69, 9.17) is 0 Å². The number of aromatic nitrogens is 6. The molecule has 0 aliphatic heterocycles. The number of anilines is 1. The maximum absolute atomic E-state index is 14.3. The third kappa shape index (κ3) is 4.07. The molecule has 0 bridgehead atoms. The highest BCUT2D eigenvalue weighted by Crippen LogP contribution is 2.31. The van der Waals surface area contributed by atoms with Gasteiger partial charge in [-0.05, 0) is 49.9 Å². The van der Waals surface area contributed by atoms with Crippen molar-refractivity contribution in [2.24, 2.45) is 0 Å². The van der Waals surface area contributed by atoms with Gasteiger partial charge in [0.15, 0.2) is 5.82 Å². The summed E-state index contributed by atoms with van der Waals surface area (Å²) in [7, 11) is 0. The van der Waals surface area contributed by atoms with Gasteiger partial charge in [0.25, 0.3) is 5.56 Å². The van der Waals surface area contributed by atoms with Crippen LogP contribution in [0.15, 0.2) is 83.6 Å². The lowest BCUT2D eigenvalue weighted by atomic mass is 9.99. The zero-order valence-corrected chi connectivity index (χ0v) is 21.5. The topological polar surface area (TPSA) is 90.5 Å². The van der Waals surface area contributed by atoms with Gasteiger partial charge in [-0.2, -0.15) is 5.10 Å². The molecule has 0 saturated heterocycles. The van der Waals surface area contributed by atoms with Crippen LogP contribution in [0.3, 0.4) is 0 Å². The van der Waals surface area contributed by atoms with E-state index < -0.39 is 0 Å². The van der Waals surface area contributed by atoms with Crippen LogP contribution in [-0.4, -0.2) is 29.3 Å². The fraction of sp³-hybridized carbons (Fsp3) is 0.179. The number of fused-ring (bicyclic) bond motifs is 2. The second-order valence-electron chi connectivity index (χ2n) is 9.21. The molecule has 0 radical (unpaired) electrons. The first-order valence-corrected chi connectivity index (χ1v) is 13.0. The molecule has 184 valence electrons. The Balaban J connectivity index is 1.55. The summed E-state index contributed by atoms with van der Waals surface area (Å²) in [6.07, 6.45) is 5.36. The average Bonchev–Trinajstić information content (AvgIpc) is 3.59. The second kappa shape index (κ2) is 9.25. The molecule has 4 aromatic heterocycles. The lowest BCUT2D eigenvalue weighted by Crippen LogP contribution is -2.26. The Hall–Kier alpha value is -4.37.